The summed E-state index contributed by atoms with van der Waals surface area (Å²) in [6, 6.07) is 0. The Kier molecular flexibility index (Phi) is 5.45. The normalized spacial score (nSPS) is 11.7. The van der Waals surface area contributed by atoms with Crippen LogP contribution in [0.5, 0.6) is 0 Å². The summed E-state index contributed by atoms with van der Waals surface area (Å²) >= 11 is 0. The highest BCUT2D eigenvalue weighted by Crippen LogP contribution is 1.69. The van der Waals surface area contributed by atoms with Gasteiger partial charge in [0.15, 0.2) is 0 Å². The lowest BCUT2D eigenvalue weighted by Gasteiger charge is -1.70. The van der Waals surface area contributed by atoms with Crippen molar-refractivity contribution in [1.29, 1.82) is 0 Å². The Labute approximate surface area is 47.8 Å². The molecule has 0 saturated heterocycles. The van der Waals surface area contributed by atoms with Gasteiger partial charge in [-0.2, -0.15) is 0 Å². The summed E-state index contributed by atoms with van der Waals surface area (Å²) in [5.74, 6) is 0. The lowest BCUT2D eigenvalue weighted by atomic mass is 10.8. The third kappa shape index (κ3) is 5.70. The molecule has 0 nitrogen and oxygen atoms in total. The molecule has 0 fully saturated rings. The van der Waals surface area contributed by atoms with Crippen LogP contribution < -0.4 is 0 Å². The first-order chi connectivity index (χ1) is 3.41. The molecule has 1 heteroatoms. The van der Waals surface area contributed by atoms with Crippen molar-refractivity contribution in [2.24, 2.45) is 0 Å². The van der Waals surface area contributed by atoms with Gasteiger partial charge >= 0.3 is 0 Å². The topological polar surface area (TPSA) is 0 Å². The Balaban J connectivity index is 2.98. The van der Waals surface area contributed by atoms with Crippen LogP contribution >= 0.6 is 0 Å². The molecule has 0 unspecified atom stereocenters. The predicted molar refractivity (Wildman–Crippen MR) is 35.4 cm³/mol. The molecule has 0 heterocycles. The summed E-state index contributed by atoms with van der Waals surface area (Å²) < 4.78 is 0. The van der Waals surface area contributed by atoms with Crippen LogP contribution in [0.4, 0.5) is 0 Å². The molecule has 0 aromatic heterocycles. The zero-order valence-electron chi connectivity index (χ0n) is 4.81. The molecular weight excluding hydrogens is 100 g/mol. The molecule has 0 rings (SSSR count). The van der Waals surface area contributed by atoms with Crippen LogP contribution in [0, 0.1) is 0 Å². The first kappa shape index (κ1) is 6.70. The van der Waals surface area contributed by atoms with Gasteiger partial charge in [-0.1, -0.05) is 23.6 Å². The Hall–Kier alpha value is -0.303. The Morgan fingerprint density at radius 1 is 1.00 bits per heavy atom. The van der Waals surface area contributed by atoms with Crippen molar-refractivity contribution in [3.63, 3.8) is 0 Å². The lowest BCUT2D eigenvalue weighted by molar-refractivity contribution is 1.76. The maximum Gasteiger partial charge on any atom is 0.100 e. The molecule has 0 aromatic rings. The molecule has 0 N–H and O–H groups in total. The Morgan fingerprint density at radius 2 is 1.43 bits per heavy atom. The third-order valence-corrected chi connectivity index (χ3v) is 1.58. The van der Waals surface area contributed by atoms with Gasteiger partial charge in [0.1, 0.15) is 9.52 Å². The van der Waals surface area contributed by atoms with Gasteiger partial charge in [0.25, 0.3) is 0 Å². The highest BCUT2D eigenvalue weighted by Gasteiger charge is 1.64. The van der Waals surface area contributed by atoms with E-state index in [1.165, 1.54) is 0 Å². The zero-order valence-corrected chi connectivity index (χ0v) is 5.81. The maximum absolute atomic E-state index is 2.15. The molecule has 2 radical (unpaired) electrons. The molecule has 0 spiro atoms. The predicted octanol–water partition coefficient (Wildman–Crippen LogP) is 1.76. The Bertz CT molecular complexity index is 62.2. The number of hydrogen-bond donors (Lipinski definition) is 0. The van der Waals surface area contributed by atoms with Crippen LogP contribution in [0.3, 0.4) is 0 Å². The molecule has 0 amide bonds. The summed E-state index contributed by atoms with van der Waals surface area (Å²) in [5.41, 5.74) is 4.31. The van der Waals surface area contributed by atoms with Crippen molar-refractivity contribution in [2.45, 2.75) is 13.8 Å². The first-order valence-electron chi connectivity index (χ1n) is 2.40. The molecule has 0 aliphatic rings. The molecule has 0 aromatic carbocycles. The molecule has 38 valence electrons. The van der Waals surface area contributed by atoms with Crippen molar-refractivity contribution in [3.05, 3.63) is 23.6 Å². The number of rotatable bonds is 2. The van der Waals surface area contributed by atoms with Gasteiger partial charge in [-0.05, 0) is 13.8 Å². The third-order valence-electron chi connectivity index (χ3n) is 0.526. The van der Waals surface area contributed by atoms with Gasteiger partial charge in [-0.25, -0.2) is 0 Å². The average molecular weight is 110 g/mol. The zero-order chi connectivity index (χ0) is 5.54. The highest BCUT2D eigenvalue weighted by molar-refractivity contribution is 6.48. The molecular formula is C6H10Si. The lowest BCUT2D eigenvalue weighted by Crippen LogP contribution is -1.72. The minimum atomic E-state index is 0.871. The molecule has 0 saturated carbocycles. The second-order valence-corrected chi connectivity index (χ2v) is 2.17. The average Bonchev–Trinajstić information content (AvgIpc) is 1.69. The van der Waals surface area contributed by atoms with Crippen LogP contribution in [-0.2, 0) is 0 Å². The van der Waals surface area contributed by atoms with E-state index in [2.05, 4.69) is 23.6 Å². The summed E-state index contributed by atoms with van der Waals surface area (Å²) in [5, 5.41) is 0. The van der Waals surface area contributed by atoms with E-state index in [1.54, 1.807) is 0 Å². The number of allylic oxidation sites excluding steroid dienone is 2. The minimum Gasteiger partial charge on any atom is -0.0982 e. The standard InChI is InChI=1S/C6H10Si/c1-3-5-7-6-4-2/h3-6H,1-2H3. The van der Waals surface area contributed by atoms with Crippen LogP contribution in [0.1, 0.15) is 13.8 Å². The second-order valence-electron chi connectivity index (χ2n) is 1.17. The fraction of sp³-hybridized carbons (Fsp3) is 0.333. The van der Waals surface area contributed by atoms with Gasteiger partial charge < -0.3 is 0 Å². The molecule has 0 aliphatic heterocycles. The molecule has 7 heavy (non-hydrogen) atoms. The monoisotopic (exact) mass is 110 g/mol. The van der Waals surface area contributed by atoms with Crippen molar-refractivity contribution in [1.82, 2.24) is 0 Å². The van der Waals surface area contributed by atoms with Crippen molar-refractivity contribution >= 4 is 9.52 Å². The second kappa shape index (κ2) is 5.70. The molecule has 0 aliphatic carbocycles. The first-order valence-corrected chi connectivity index (χ1v) is 3.55. The maximum atomic E-state index is 2.15. The fourth-order valence-corrected chi connectivity index (χ4v) is 0.744. The van der Waals surface area contributed by atoms with E-state index in [4.69, 9.17) is 0 Å². The van der Waals surface area contributed by atoms with E-state index in [1.807, 2.05) is 13.8 Å². The molecule has 0 atom stereocenters. The van der Waals surface area contributed by atoms with E-state index in [-0.39, 0.29) is 0 Å². The van der Waals surface area contributed by atoms with Crippen molar-refractivity contribution in [3.8, 4) is 0 Å². The van der Waals surface area contributed by atoms with Crippen LogP contribution in [0.15, 0.2) is 23.6 Å². The van der Waals surface area contributed by atoms with Gasteiger partial charge in [0.2, 0.25) is 0 Å². The van der Waals surface area contributed by atoms with Gasteiger partial charge in [-0.15, -0.1) is 0 Å². The smallest absolute Gasteiger partial charge is 0.0982 e. The van der Waals surface area contributed by atoms with Crippen molar-refractivity contribution in [2.75, 3.05) is 0 Å². The van der Waals surface area contributed by atoms with Crippen LogP contribution in [-0.4, -0.2) is 9.52 Å². The van der Waals surface area contributed by atoms with E-state index >= 15 is 0 Å². The van der Waals surface area contributed by atoms with Crippen LogP contribution in [0.2, 0.25) is 0 Å². The number of hydrogen-bond acceptors (Lipinski definition) is 0. The van der Waals surface area contributed by atoms with Gasteiger partial charge in [0.05, 0.1) is 0 Å². The van der Waals surface area contributed by atoms with Crippen LogP contribution in [0.25, 0.3) is 0 Å². The van der Waals surface area contributed by atoms with Gasteiger partial charge in [0, 0.05) is 0 Å². The summed E-state index contributed by atoms with van der Waals surface area (Å²) in [6.07, 6.45) is 4.14. The summed E-state index contributed by atoms with van der Waals surface area (Å²) in [4.78, 5) is 0. The largest absolute Gasteiger partial charge is 0.100 e. The minimum absolute atomic E-state index is 0.871. The quantitative estimate of drug-likeness (QED) is 0.475. The van der Waals surface area contributed by atoms with E-state index in [9.17, 15) is 0 Å². The summed E-state index contributed by atoms with van der Waals surface area (Å²) in [7, 11) is 0.871. The highest BCUT2D eigenvalue weighted by atomic mass is 28.2. The van der Waals surface area contributed by atoms with E-state index in [0.717, 1.165) is 9.52 Å². The fourth-order valence-electron chi connectivity index (χ4n) is 0.248. The Morgan fingerprint density at radius 3 is 1.71 bits per heavy atom. The van der Waals surface area contributed by atoms with Crippen molar-refractivity contribution < 1.29 is 0 Å². The SMILES string of the molecule is CC=C[Si]C=CC. The summed E-state index contributed by atoms with van der Waals surface area (Å²) in [6.45, 7) is 4.08. The van der Waals surface area contributed by atoms with Gasteiger partial charge in [-0.3, -0.25) is 0 Å². The molecule has 0 bridgehead atoms. The van der Waals surface area contributed by atoms with E-state index < -0.39 is 0 Å². The van der Waals surface area contributed by atoms with E-state index in [0.29, 0.717) is 0 Å².